The number of allylic oxidation sites excluding steroid dienone is 1. The SMILES string of the molecule is O=C1C(=Cc2ccc(Cl)cc2F)Oc2c1ccc(O)c2O. The molecule has 0 bridgehead atoms. The predicted octanol–water partition coefficient (Wildman–Crippen LogP) is 3.51. The first-order chi connectivity index (χ1) is 9.97. The number of hydrogen-bond donors (Lipinski definition) is 2. The van der Waals surface area contributed by atoms with Gasteiger partial charge in [0.1, 0.15) is 5.82 Å². The molecule has 2 aromatic carbocycles. The Morgan fingerprint density at radius 2 is 1.95 bits per heavy atom. The van der Waals surface area contributed by atoms with Crippen molar-refractivity contribution < 1.29 is 24.1 Å². The van der Waals surface area contributed by atoms with Gasteiger partial charge in [0.2, 0.25) is 11.5 Å². The third-order valence-electron chi connectivity index (χ3n) is 3.04. The maximum Gasteiger partial charge on any atom is 0.232 e. The highest BCUT2D eigenvalue weighted by Crippen LogP contribution is 2.44. The van der Waals surface area contributed by atoms with Gasteiger partial charge >= 0.3 is 0 Å². The average molecular weight is 307 g/mol. The normalized spacial score (nSPS) is 15.1. The molecule has 6 heteroatoms. The Labute approximate surface area is 123 Å². The van der Waals surface area contributed by atoms with Gasteiger partial charge in [-0.1, -0.05) is 17.7 Å². The zero-order chi connectivity index (χ0) is 15.1. The Morgan fingerprint density at radius 1 is 1.19 bits per heavy atom. The van der Waals surface area contributed by atoms with Crippen molar-refractivity contribution in [1.82, 2.24) is 0 Å². The highest BCUT2D eigenvalue weighted by molar-refractivity contribution is 6.30. The molecule has 0 radical (unpaired) electrons. The summed E-state index contributed by atoms with van der Waals surface area (Å²) >= 11 is 5.65. The number of hydrogen-bond acceptors (Lipinski definition) is 4. The van der Waals surface area contributed by atoms with Crippen LogP contribution in [0.5, 0.6) is 17.2 Å². The number of aromatic hydroxyl groups is 2. The number of carbonyl (C=O) groups excluding carboxylic acids is 1. The second kappa shape index (κ2) is 4.79. The van der Waals surface area contributed by atoms with Gasteiger partial charge in [0.25, 0.3) is 0 Å². The van der Waals surface area contributed by atoms with Crippen molar-refractivity contribution >= 4 is 23.5 Å². The molecule has 2 aromatic rings. The quantitative estimate of drug-likeness (QED) is 0.625. The minimum atomic E-state index is -0.602. The third-order valence-corrected chi connectivity index (χ3v) is 3.27. The van der Waals surface area contributed by atoms with Crippen LogP contribution in [-0.2, 0) is 0 Å². The second-order valence-electron chi connectivity index (χ2n) is 4.42. The Kier molecular flexibility index (Phi) is 3.07. The van der Waals surface area contributed by atoms with Gasteiger partial charge < -0.3 is 14.9 Å². The minimum Gasteiger partial charge on any atom is -0.504 e. The van der Waals surface area contributed by atoms with E-state index >= 15 is 0 Å². The van der Waals surface area contributed by atoms with Gasteiger partial charge in [-0.05, 0) is 30.3 Å². The lowest BCUT2D eigenvalue weighted by Gasteiger charge is -2.03. The van der Waals surface area contributed by atoms with Crippen molar-refractivity contribution in [2.24, 2.45) is 0 Å². The molecular formula is C15H8ClFO4. The number of phenolic OH excluding ortho intramolecular Hbond substituents is 2. The monoisotopic (exact) mass is 306 g/mol. The van der Waals surface area contributed by atoms with Gasteiger partial charge in [-0.2, -0.15) is 0 Å². The van der Waals surface area contributed by atoms with Crippen LogP contribution < -0.4 is 4.74 Å². The zero-order valence-corrected chi connectivity index (χ0v) is 11.2. The lowest BCUT2D eigenvalue weighted by molar-refractivity contribution is 0.101. The van der Waals surface area contributed by atoms with E-state index in [-0.39, 0.29) is 27.7 Å². The molecular weight excluding hydrogens is 299 g/mol. The molecule has 0 amide bonds. The van der Waals surface area contributed by atoms with Gasteiger partial charge in [0.05, 0.1) is 5.56 Å². The maximum absolute atomic E-state index is 13.7. The van der Waals surface area contributed by atoms with E-state index in [4.69, 9.17) is 16.3 Å². The molecule has 3 rings (SSSR count). The summed E-state index contributed by atoms with van der Waals surface area (Å²) in [5.41, 5.74) is 0.227. The number of halogens is 2. The molecule has 1 heterocycles. The van der Waals surface area contributed by atoms with Gasteiger partial charge in [-0.15, -0.1) is 0 Å². The van der Waals surface area contributed by atoms with E-state index in [0.29, 0.717) is 0 Å². The summed E-state index contributed by atoms with van der Waals surface area (Å²) in [6.07, 6.45) is 1.21. The summed E-state index contributed by atoms with van der Waals surface area (Å²) in [4.78, 5) is 12.1. The average Bonchev–Trinajstić information content (AvgIpc) is 2.75. The number of ketones is 1. The van der Waals surface area contributed by atoms with Crippen molar-refractivity contribution in [2.75, 3.05) is 0 Å². The highest BCUT2D eigenvalue weighted by Gasteiger charge is 2.31. The van der Waals surface area contributed by atoms with E-state index in [1.54, 1.807) is 0 Å². The molecule has 0 saturated carbocycles. The summed E-state index contributed by atoms with van der Waals surface area (Å²) in [6.45, 7) is 0. The first-order valence-corrected chi connectivity index (χ1v) is 6.29. The summed E-state index contributed by atoms with van der Waals surface area (Å²) in [5.74, 6) is -2.32. The third kappa shape index (κ3) is 2.21. The number of benzene rings is 2. The van der Waals surface area contributed by atoms with Crippen LogP contribution in [0.25, 0.3) is 6.08 Å². The van der Waals surface area contributed by atoms with E-state index in [9.17, 15) is 19.4 Å². The fourth-order valence-corrected chi connectivity index (χ4v) is 2.15. The first-order valence-electron chi connectivity index (χ1n) is 5.91. The number of ether oxygens (including phenoxy) is 1. The van der Waals surface area contributed by atoms with E-state index in [1.165, 1.54) is 30.3 Å². The van der Waals surface area contributed by atoms with E-state index in [1.807, 2.05) is 0 Å². The molecule has 4 nitrogen and oxygen atoms in total. The molecule has 0 spiro atoms. The number of rotatable bonds is 1. The maximum atomic E-state index is 13.7. The summed E-state index contributed by atoms with van der Waals surface area (Å²) in [5, 5.41) is 19.3. The van der Waals surface area contributed by atoms with Crippen LogP contribution in [0.3, 0.4) is 0 Å². The number of carbonyl (C=O) groups is 1. The molecule has 0 saturated heterocycles. The van der Waals surface area contributed by atoms with Crippen LogP contribution in [0.15, 0.2) is 36.1 Å². The van der Waals surface area contributed by atoms with Crippen LogP contribution in [0.1, 0.15) is 15.9 Å². The molecule has 21 heavy (non-hydrogen) atoms. The van der Waals surface area contributed by atoms with Gasteiger partial charge in [0.15, 0.2) is 17.3 Å². The topological polar surface area (TPSA) is 66.8 Å². The van der Waals surface area contributed by atoms with Crippen LogP contribution >= 0.6 is 11.6 Å². The second-order valence-corrected chi connectivity index (χ2v) is 4.85. The Bertz CT molecular complexity index is 799. The van der Waals surface area contributed by atoms with Crippen molar-refractivity contribution in [2.45, 2.75) is 0 Å². The Balaban J connectivity index is 2.05. The van der Waals surface area contributed by atoms with Crippen molar-refractivity contribution in [3.8, 4) is 17.2 Å². The molecule has 1 aliphatic rings. The summed E-state index contributed by atoms with van der Waals surface area (Å²) in [7, 11) is 0. The molecule has 0 atom stereocenters. The largest absolute Gasteiger partial charge is 0.504 e. The van der Waals surface area contributed by atoms with Crippen molar-refractivity contribution in [1.29, 1.82) is 0 Å². The molecule has 2 N–H and O–H groups in total. The standard InChI is InChI=1S/C15H8ClFO4/c16-8-2-1-7(10(17)6-8)5-12-13(19)9-3-4-11(18)14(20)15(9)21-12/h1-6,18,20H. The number of fused-ring (bicyclic) bond motifs is 1. The summed E-state index contributed by atoms with van der Waals surface area (Å²) in [6, 6.07) is 6.51. The van der Waals surface area contributed by atoms with Gasteiger partial charge in [0, 0.05) is 10.6 Å². The van der Waals surface area contributed by atoms with Crippen LogP contribution in [0, 0.1) is 5.82 Å². The van der Waals surface area contributed by atoms with Crippen molar-refractivity contribution in [3.05, 3.63) is 58.1 Å². The summed E-state index contributed by atoms with van der Waals surface area (Å²) < 4.78 is 18.9. The van der Waals surface area contributed by atoms with Crippen LogP contribution in [-0.4, -0.2) is 16.0 Å². The fraction of sp³-hybridized carbons (Fsp3) is 0. The van der Waals surface area contributed by atoms with E-state index in [2.05, 4.69) is 0 Å². The molecule has 0 aromatic heterocycles. The van der Waals surface area contributed by atoms with Gasteiger partial charge in [-0.25, -0.2) is 4.39 Å². The Morgan fingerprint density at radius 3 is 2.67 bits per heavy atom. The lowest BCUT2D eigenvalue weighted by atomic mass is 10.1. The molecule has 0 fully saturated rings. The fourth-order valence-electron chi connectivity index (χ4n) is 1.99. The zero-order valence-electron chi connectivity index (χ0n) is 10.4. The van der Waals surface area contributed by atoms with E-state index < -0.39 is 23.1 Å². The number of phenols is 2. The number of Topliss-reactive ketones (excluding diaryl/α,β-unsaturated/α-hetero) is 1. The Hall–Kier alpha value is -2.53. The van der Waals surface area contributed by atoms with Crippen LogP contribution in [0.4, 0.5) is 4.39 Å². The molecule has 1 aliphatic heterocycles. The van der Waals surface area contributed by atoms with Crippen molar-refractivity contribution in [3.63, 3.8) is 0 Å². The highest BCUT2D eigenvalue weighted by atomic mass is 35.5. The predicted molar refractivity (Wildman–Crippen MR) is 74.1 cm³/mol. The molecule has 0 unspecified atom stereocenters. The van der Waals surface area contributed by atoms with Gasteiger partial charge in [-0.3, -0.25) is 4.79 Å². The molecule has 0 aliphatic carbocycles. The smallest absolute Gasteiger partial charge is 0.232 e. The first kappa shape index (κ1) is 13.5. The minimum absolute atomic E-state index is 0.103. The van der Waals surface area contributed by atoms with E-state index in [0.717, 1.165) is 6.07 Å². The van der Waals surface area contributed by atoms with Crippen LogP contribution in [0.2, 0.25) is 5.02 Å². The molecule has 106 valence electrons. The lowest BCUT2D eigenvalue weighted by Crippen LogP contribution is -1.98.